The Hall–Kier alpha value is -2.08. The summed E-state index contributed by atoms with van der Waals surface area (Å²) in [5.74, 6) is 1.22. The van der Waals surface area contributed by atoms with Gasteiger partial charge in [0.2, 0.25) is 0 Å². The van der Waals surface area contributed by atoms with Gasteiger partial charge in [0.1, 0.15) is 11.2 Å². The van der Waals surface area contributed by atoms with Crippen molar-refractivity contribution in [3.63, 3.8) is 0 Å². The third kappa shape index (κ3) is 2.81. The number of aromatic amines is 1. The lowest BCUT2D eigenvalue weighted by Gasteiger charge is -2.58. The zero-order valence-corrected chi connectivity index (χ0v) is 15.9. The lowest BCUT2D eigenvalue weighted by atomic mass is 9.52. The number of esters is 1. The van der Waals surface area contributed by atoms with E-state index in [0.29, 0.717) is 23.3 Å². The van der Waals surface area contributed by atoms with Gasteiger partial charge in [-0.3, -0.25) is 0 Å². The van der Waals surface area contributed by atoms with Gasteiger partial charge in [-0.15, -0.1) is 0 Å². The Balaban J connectivity index is 1.51. The Morgan fingerprint density at radius 2 is 2.07 bits per heavy atom. The number of aromatic nitrogens is 2. The highest BCUT2D eigenvalue weighted by Gasteiger charge is 2.54. The molecule has 0 amide bonds. The standard InChI is InChI=1S/C21H27N3O3/c1-11(2)27-20(25)16-10-23-19-15(3-4-22-19)18(16)24-17-13-5-12-6-14(17)9-21(26,7-12)8-13/h3-4,10-14,17,26H,5-9H2,1-2H3,(H2,22,23,24)/t12?,13-,14+,17+,21-. The van der Waals surface area contributed by atoms with E-state index in [2.05, 4.69) is 15.3 Å². The summed E-state index contributed by atoms with van der Waals surface area (Å²) in [7, 11) is 0. The Labute approximate surface area is 158 Å². The van der Waals surface area contributed by atoms with Crippen LogP contribution >= 0.6 is 0 Å². The van der Waals surface area contributed by atoms with Crippen LogP contribution in [0.4, 0.5) is 5.69 Å². The summed E-state index contributed by atoms with van der Waals surface area (Å²) < 4.78 is 5.46. The van der Waals surface area contributed by atoms with E-state index in [1.54, 1.807) is 6.20 Å². The number of anilines is 1. The molecule has 2 heterocycles. The van der Waals surface area contributed by atoms with E-state index >= 15 is 0 Å². The molecule has 6 heteroatoms. The number of rotatable bonds is 4. The molecule has 27 heavy (non-hydrogen) atoms. The lowest BCUT2D eigenvalue weighted by molar-refractivity contribution is -0.129. The zero-order valence-electron chi connectivity index (χ0n) is 15.9. The number of hydrogen-bond donors (Lipinski definition) is 3. The monoisotopic (exact) mass is 369 g/mol. The Bertz CT molecular complexity index is 874. The normalized spacial score (nSPS) is 34.4. The minimum atomic E-state index is -0.463. The van der Waals surface area contributed by atoms with E-state index in [0.717, 1.165) is 36.0 Å². The summed E-state index contributed by atoms with van der Waals surface area (Å²) in [6, 6.07) is 2.24. The summed E-state index contributed by atoms with van der Waals surface area (Å²) in [6.07, 6.45) is 8.32. The molecule has 2 aromatic rings. The zero-order chi connectivity index (χ0) is 18.8. The molecule has 0 aromatic carbocycles. The molecule has 0 radical (unpaired) electrons. The van der Waals surface area contributed by atoms with Crippen LogP contribution in [0.2, 0.25) is 0 Å². The van der Waals surface area contributed by atoms with Gasteiger partial charge in [-0.1, -0.05) is 0 Å². The van der Waals surface area contributed by atoms with Crippen LogP contribution in [0.3, 0.4) is 0 Å². The van der Waals surface area contributed by atoms with Crippen LogP contribution < -0.4 is 5.32 Å². The first-order chi connectivity index (χ1) is 12.9. The van der Waals surface area contributed by atoms with E-state index in [-0.39, 0.29) is 18.1 Å². The molecule has 3 N–H and O–H groups in total. The number of pyridine rings is 1. The van der Waals surface area contributed by atoms with Crippen molar-refractivity contribution < 1.29 is 14.6 Å². The van der Waals surface area contributed by atoms with Crippen LogP contribution in [-0.4, -0.2) is 38.8 Å². The molecule has 5 atom stereocenters. The Morgan fingerprint density at radius 3 is 2.74 bits per heavy atom. The predicted molar refractivity (Wildman–Crippen MR) is 103 cm³/mol. The lowest BCUT2D eigenvalue weighted by Crippen LogP contribution is -2.59. The Kier molecular flexibility index (Phi) is 3.76. The van der Waals surface area contributed by atoms with Crippen LogP contribution in [0.5, 0.6) is 0 Å². The fourth-order valence-electron chi connectivity index (χ4n) is 5.98. The van der Waals surface area contributed by atoms with Gasteiger partial charge in [0.15, 0.2) is 0 Å². The van der Waals surface area contributed by atoms with Crippen molar-refractivity contribution in [3.05, 3.63) is 24.0 Å². The summed E-state index contributed by atoms with van der Waals surface area (Å²) in [4.78, 5) is 20.2. The van der Waals surface area contributed by atoms with Gasteiger partial charge in [0, 0.05) is 23.8 Å². The van der Waals surface area contributed by atoms with E-state index in [1.165, 1.54) is 12.8 Å². The second-order valence-corrected chi connectivity index (χ2v) is 9.11. The quantitative estimate of drug-likeness (QED) is 0.718. The highest BCUT2D eigenvalue weighted by Crippen LogP contribution is 2.56. The molecular formula is C21H27N3O3. The van der Waals surface area contributed by atoms with Gasteiger partial charge in [-0.25, -0.2) is 9.78 Å². The average Bonchev–Trinajstić information content (AvgIpc) is 3.04. The van der Waals surface area contributed by atoms with Crippen molar-refractivity contribution in [1.82, 2.24) is 9.97 Å². The number of nitrogens with one attached hydrogen (secondary N) is 2. The minimum Gasteiger partial charge on any atom is -0.459 e. The molecule has 0 spiro atoms. The predicted octanol–water partition coefficient (Wildman–Crippen LogP) is 3.48. The third-order valence-corrected chi connectivity index (χ3v) is 6.70. The topological polar surface area (TPSA) is 87.2 Å². The average molecular weight is 369 g/mol. The maximum atomic E-state index is 12.7. The van der Waals surface area contributed by atoms with Gasteiger partial charge < -0.3 is 20.1 Å². The van der Waals surface area contributed by atoms with Gasteiger partial charge in [-0.05, 0) is 69.8 Å². The van der Waals surface area contributed by atoms with Crippen molar-refractivity contribution in [3.8, 4) is 0 Å². The largest absolute Gasteiger partial charge is 0.459 e. The van der Waals surface area contributed by atoms with Crippen molar-refractivity contribution >= 4 is 22.7 Å². The SMILES string of the molecule is CC(C)OC(=O)c1cnc2[nH]ccc2c1N[C@H]1[C@@H]2CC3C[C@H]1C[C@@](O)(C3)C2. The second kappa shape index (κ2) is 5.96. The summed E-state index contributed by atoms with van der Waals surface area (Å²) in [5.41, 5.74) is 1.61. The molecule has 1 unspecified atom stereocenters. The number of ether oxygens (including phenoxy) is 1. The molecule has 6 nitrogen and oxygen atoms in total. The van der Waals surface area contributed by atoms with Crippen LogP contribution in [0.1, 0.15) is 56.3 Å². The van der Waals surface area contributed by atoms with Crippen LogP contribution in [-0.2, 0) is 4.74 Å². The van der Waals surface area contributed by atoms with Gasteiger partial charge in [-0.2, -0.15) is 0 Å². The number of hydrogen-bond acceptors (Lipinski definition) is 5. The highest BCUT2D eigenvalue weighted by molar-refractivity contribution is 6.04. The highest BCUT2D eigenvalue weighted by atomic mass is 16.5. The molecule has 4 fully saturated rings. The van der Waals surface area contributed by atoms with E-state index in [1.807, 2.05) is 26.1 Å². The van der Waals surface area contributed by atoms with Crippen LogP contribution in [0, 0.1) is 17.8 Å². The second-order valence-electron chi connectivity index (χ2n) is 9.11. The first-order valence-electron chi connectivity index (χ1n) is 10.1. The number of nitrogens with zero attached hydrogens (tertiary/aromatic N) is 1. The van der Waals surface area contributed by atoms with Gasteiger partial charge in [0.25, 0.3) is 0 Å². The summed E-state index contributed by atoms with van der Waals surface area (Å²) in [6.45, 7) is 3.71. The molecule has 0 aliphatic heterocycles. The van der Waals surface area contributed by atoms with Crippen molar-refractivity contribution in [2.24, 2.45) is 17.8 Å². The van der Waals surface area contributed by atoms with Crippen molar-refractivity contribution in [2.75, 3.05) is 5.32 Å². The molecule has 144 valence electrons. The first-order valence-corrected chi connectivity index (χ1v) is 10.1. The van der Waals surface area contributed by atoms with Crippen LogP contribution in [0.25, 0.3) is 11.0 Å². The van der Waals surface area contributed by atoms with E-state index in [9.17, 15) is 9.90 Å². The third-order valence-electron chi connectivity index (χ3n) is 6.70. The van der Waals surface area contributed by atoms with E-state index < -0.39 is 5.60 Å². The number of fused-ring (bicyclic) bond motifs is 1. The van der Waals surface area contributed by atoms with Crippen molar-refractivity contribution in [2.45, 2.75) is 63.7 Å². The molecule has 4 aliphatic carbocycles. The molecule has 6 rings (SSSR count). The molecule has 4 aliphatic rings. The van der Waals surface area contributed by atoms with Crippen LogP contribution in [0.15, 0.2) is 18.5 Å². The summed E-state index contributed by atoms with van der Waals surface area (Å²) in [5, 5.41) is 15.5. The molecule has 2 aromatic heterocycles. The van der Waals surface area contributed by atoms with Gasteiger partial charge in [0.05, 0.1) is 17.4 Å². The molecule has 4 saturated carbocycles. The maximum Gasteiger partial charge on any atom is 0.342 e. The minimum absolute atomic E-state index is 0.178. The number of carbonyl (C=O) groups is 1. The number of H-pyrrole nitrogens is 1. The Morgan fingerprint density at radius 1 is 1.33 bits per heavy atom. The number of aliphatic hydroxyl groups is 1. The van der Waals surface area contributed by atoms with Crippen molar-refractivity contribution in [1.29, 1.82) is 0 Å². The number of carbonyl (C=O) groups excluding carboxylic acids is 1. The molecule has 0 saturated heterocycles. The molecular weight excluding hydrogens is 342 g/mol. The fourth-order valence-corrected chi connectivity index (χ4v) is 5.98. The maximum absolute atomic E-state index is 12.7. The fraction of sp³-hybridized carbons (Fsp3) is 0.619. The van der Waals surface area contributed by atoms with E-state index in [4.69, 9.17) is 4.74 Å². The summed E-state index contributed by atoms with van der Waals surface area (Å²) >= 11 is 0. The molecule has 4 bridgehead atoms. The van der Waals surface area contributed by atoms with Gasteiger partial charge >= 0.3 is 5.97 Å². The first kappa shape index (κ1) is 17.0. The smallest absolute Gasteiger partial charge is 0.342 e.